The Bertz CT molecular complexity index is 844. The molecule has 118 valence electrons. The van der Waals surface area contributed by atoms with Crippen molar-refractivity contribution in [2.75, 3.05) is 6.54 Å². The van der Waals surface area contributed by atoms with Gasteiger partial charge in [0.15, 0.2) is 0 Å². The highest BCUT2D eigenvalue weighted by molar-refractivity contribution is 6.08. The number of aryl methyl sites for hydroxylation is 2. The molecule has 3 nitrogen and oxygen atoms in total. The zero-order valence-electron chi connectivity index (χ0n) is 13.8. The second-order valence-electron chi connectivity index (χ2n) is 5.93. The third-order valence-electron chi connectivity index (χ3n) is 3.93. The maximum Gasteiger partial charge on any atom is 0.287 e. The van der Waals surface area contributed by atoms with Gasteiger partial charge in [0.25, 0.3) is 5.91 Å². The fourth-order valence-corrected chi connectivity index (χ4v) is 2.70. The molecule has 0 unspecified atom stereocenters. The van der Waals surface area contributed by atoms with Crippen LogP contribution in [-0.2, 0) is 0 Å². The molecule has 1 N–H and O–H groups in total. The lowest BCUT2D eigenvalue weighted by molar-refractivity contribution is 0.0929. The normalized spacial score (nSPS) is 10.9. The van der Waals surface area contributed by atoms with Gasteiger partial charge in [-0.25, -0.2) is 0 Å². The molecule has 1 aromatic heterocycles. The molecule has 3 heteroatoms. The average molecular weight is 307 g/mol. The van der Waals surface area contributed by atoms with E-state index in [1.807, 2.05) is 38.1 Å². The molecule has 2 aromatic carbocycles. The minimum atomic E-state index is -0.156. The summed E-state index contributed by atoms with van der Waals surface area (Å²) in [5.41, 5.74) is 4.95. The molecule has 3 aromatic rings. The van der Waals surface area contributed by atoms with Gasteiger partial charge in [0.2, 0.25) is 5.76 Å². The van der Waals surface area contributed by atoms with Crippen LogP contribution in [0.5, 0.6) is 0 Å². The van der Waals surface area contributed by atoms with Gasteiger partial charge < -0.3 is 9.73 Å². The van der Waals surface area contributed by atoms with Gasteiger partial charge in [-0.05, 0) is 38.0 Å². The van der Waals surface area contributed by atoms with Crippen LogP contribution < -0.4 is 5.32 Å². The molecule has 0 aliphatic carbocycles. The third kappa shape index (κ3) is 3.00. The molecule has 3 rings (SSSR count). The lowest BCUT2D eigenvalue weighted by Crippen LogP contribution is -2.23. The molecule has 0 aliphatic rings. The van der Waals surface area contributed by atoms with E-state index in [1.54, 1.807) is 0 Å². The van der Waals surface area contributed by atoms with Crippen LogP contribution in [0, 0.1) is 13.8 Å². The predicted molar refractivity (Wildman–Crippen MR) is 93.7 cm³/mol. The van der Waals surface area contributed by atoms with Crippen molar-refractivity contribution in [1.29, 1.82) is 0 Å². The molecule has 0 bridgehead atoms. The summed E-state index contributed by atoms with van der Waals surface area (Å²) in [4.78, 5) is 12.5. The molecule has 0 saturated carbocycles. The smallest absolute Gasteiger partial charge is 0.287 e. The van der Waals surface area contributed by atoms with Crippen LogP contribution in [0.15, 0.2) is 46.9 Å². The summed E-state index contributed by atoms with van der Waals surface area (Å²) < 4.78 is 5.89. The Morgan fingerprint density at radius 3 is 2.43 bits per heavy atom. The fourth-order valence-electron chi connectivity index (χ4n) is 2.70. The van der Waals surface area contributed by atoms with Crippen LogP contribution in [0.1, 0.15) is 35.0 Å². The standard InChI is InChI=1S/C20H21NO2/c1-4-11-21-20(22)19-18(15-8-5-13(2)6-9-15)16-12-14(3)7-10-17(16)23-19/h5-10,12H,4,11H2,1-3H3,(H,21,22). The summed E-state index contributed by atoms with van der Waals surface area (Å²) in [6.45, 7) is 6.77. The number of furan rings is 1. The number of nitrogens with one attached hydrogen (secondary N) is 1. The maximum atomic E-state index is 12.5. The number of carbonyl (C=O) groups excluding carboxylic acids is 1. The van der Waals surface area contributed by atoms with Gasteiger partial charge in [-0.1, -0.05) is 48.4 Å². The van der Waals surface area contributed by atoms with Crippen molar-refractivity contribution in [3.05, 3.63) is 59.4 Å². The summed E-state index contributed by atoms with van der Waals surface area (Å²) in [6.07, 6.45) is 0.894. The summed E-state index contributed by atoms with van der Waals surface area (Å²) in [6, 6.07) is 14.2. The summed E-state index contributed by atoms with van der Waals surface area (Å²) in [5, 5.41) is 3.89. The van der Waals surface area contributed by atoms with Crippen molar-refractivity contribution in [2.45, 2.75) is 27.2 Å². The Labute approximate surface area is 136 Å². The summed E-state index contributed by atoms with van der Waals surface area (Å²) in [7, 11) is 0. The van der Waals surface area contributed by atoms with Gasteiger partial charge in [-0.3, -0.25) is 4.79 Å². The van der Waals surface area contributed by atoms with Crippen molar-refractivity contribution in [3.8, 4) is 11.1 Å². The molecule has 23 heavy (non-hydrogen) atoms. The molecule has 1 heterocycles. The number of carbonyl (C=O) groups is 1. The van der Waals surface area contributed by atoms with E-state index in [4.69, 9.17) is 4.42 Å². The quantitative estimate of drug-likeness (QED) is 0.748. The highest BCUT2D eigenvalue weighted by Crippen LogP contribution is 2.35. The number of hydrogen-bond acceptors (Lipinski definition) is 2. The largest absolute Gasteiger partial charge is 0.450 e. The van der Waals surface area contributed by atoms with Crippen molar-refractivity contribution in [3.63, 3.8) is 0 Å². The number of hydrogen-bond donors (Lipinski definition) is 1. The molecule has 0 aliphatic heterocycles. The number of amides is 1. The lowest BCUT2D eigenvalue weighted by atomic mass is 9.99. The highest BCUT2D eigenvalue weighted by Gasteiger charge is 2.21. The second-order valence-corrected chi connectivity index (χ2v) is 5.93. The molecule has 0 fully saturated rings. The van der Waals surface area contributed by atoms with E-state index in [9.17, 15) is 4.79 Å². The van der Waals surface area contributed by atoms with Crippen LogP contribution in [-0.4, -0.2) is 12.5 Å². The zero-order valence-corrected chi connectivity index (χ0v) is 13.8. The first-order valence-corrected chi connectivity index (χ1v) is 7.98. The van der Waals surface area contributed by atoms with E-state index >= 15 is 0 Å². The van der Waals surface area contributed by atoms with Gasteiger partial charge in [0, 0.05) is 17.5 Å². The fraction of sp³-hybridized carbons (Fsp3) is 0.250. The van der Waals surface area contributed by atoms with Crippen LogP contribution in [0.4, 0.5) is 0 Å². The Morgan fingerprint density at radius 1 is 1.04 bits per heavy atom. The van der Waals surface area contributed by atoms with Crippen molar-refractivity contribution in [1.82, 2.24) is 5.32 Å². The Morgan fingerprint density at radius 2 is 1.74 bits per heavy atom. The zero-order chi connectivity index (χ0) is 16.4. The summed E-state index contributed by atoms with van der Waals surface area (Å²) >= 11 is 0. The van der Waals surface area contributed by atoms with Gasteiger partial charge in [0.05, 0.1) is 0 Å². The van der Waals surface area contributed by atoms with E-state index in [-0.39, 0.29) is 5.91 Å². The first-order valence-electron chi connectivity index (χ1n) is 7.98. The molecule has 1 amide bonds. The van der Waals surface area contributed by atoms with Gasteiger partial charge in [-0.2, -0.15) is 0 Å². The summed E-state index contributed by atoms with van der Waals surface area (Å²) in [5.74, 6) is 0.235. The molecule has 0 saturated heterocycles. The topological polar surface area (TPSA) is 42.2 Å². The van der Waals surface area contributed by atoms with E-state index in [2.05, 4.69) is 30.4 Å². The van der Waals surface area contributed by atoms with E-state index in [0.29, 0.717) is 12.3 Å². The van der Waals surface area contributed by atoms with E-state index in [1.165, 1.54) is 5.56 Å². The maximum absolute atomic E-state index is 12.5. The minimum absolute atomic E-state index is 0.156. The Kier molecular flexibility index (Phi) is 4.20. The van der Waals surface area contributed by atoms with Gasteiger partial charge >= 0.3 is 0 Å². The molecular weight excluding hydrogens is 286 g/mol. The average Bonchev–Trinajstić information content (AvgIpc) is 2.92. The Hall–Kier alpha value is -2.55. The molecule has 0 atom stereocenters. The second kappa shape index (κ2) is 6.29. The van der Waals surface area contributed by atoms with Crippen molar-refractivity contribution >= 4 is 16.9 Å². The minimum Gasteiger partial charge on any atom is -0.450 e. The molecule has 0 radical (unpaired) electrons. The van der Waals surface area contributed by atoms with Crippen molar-refractivity contribution in [2.24, 2.45) is 0 Å². The highest BCUT2D eigenvalue weighted by atomic mass is 16.3. The van der Waals surface area contributed by atoms with Crippen LogP contribution in [0.25, 0.3) is 22.1 Å². The number of fused-ring (bicyclic) bond motifs is 1. The van der Waals surface area contributed by atoms with Gasteiger partial charge in [0.1, 0.15) is 5.58 Å². The van der Waals surface area contributed by atoms with Gasteiger partial charge in [-0.15, -0.1) is 0 Å². The Balaban J connectivity index is 2.20. The van der Waals surface area contributed by atoms with E-state index < -0.39 is 0 Å². The first kappa shape index (κ1) is 15.3. The van der Waals surface area contributed by atoms with Crippen molar-refractivity contribution < 1.29 is 9.21 Å². The molecular formula is C20H21NO2. The molecule has 0 spiro atoms. The monoisotopic (exact) mass is 307 g/mol. The van der Waals surface area contributed by atoms with Crippen LogP contribution in [0.3, 0.4) is 0 Å². The van der Waals surface area contributed by atoms with Crippen LogP contribution >= 0.6 is 0 Å². The number of rotatable bonds is 4. The van der Waals surface area contributed by atoms with Crippen LogP contribution in [0.2, 0.25) is 0 Å². The third-order valence-corrected chi connectivity index (χ3v) is 3.93. The SMILES string of the molecule is CCCNC(=O)c1oc2ccc(C)cc2c1-c1ccc(C)cc1. The number of benzene rings is 2. The first-order chi connectivity index (χ1) is 11.1. The predicted octanol–water partition coefficient (Wildman–Crippen LogP) is 4.86. The van der Waals surface area contributed by atoms with E-state index in [0.717, 1.165) is 34.1 Å². The lowest BCUT2D eigenvalue weighted by Gasteiger charge is -2.05.